The lowest BCUT2D eigenvalue weighted by atomic mass is 10.1. The van der Waals surface area contributed by atoms with Crippen LogP contribution < -0.4 is 0 Å². The molecule has 1 N–H and O–H groups in total. The Hall–Kier alpha value is -0.640. The molecule has 2 heteroatoms. The van der Waals surface area contributed by atoms with Crippen molar-refractivity contribution >= 4 is 30.2 Å². The molecular formula is C15H26IN. The normalized spacial score (nSPS) is 12.8. The monoisotopic (exact) mass is 347 g/mol. The lowest BCUT2D eigenvalue weighted by molar-refractivity contribution is 1.37. The van der Waals surface area contributed by atoms with Crippen molar-refractivity contribution in [3.8, 4) is 0 Å². The van der Waals surface area contributed by atoms with E-state index in [0.717, 1.165) is 17.6 Å². The smallest absolute Gasteiger partial charge is 0.0256 e. The fourth-order valence-electron chi connectivity index (χ4n) is 1.13. The first-order chi connectivity index (χ1) is 7.88. The van der Waals surface area contributed by atoms with Gasteiger partial charge in [-0.25, -0.2) is 0 Å². The standard InChI is InChI=1S/C11H13N.2C2H6.HI/c1-2-6-10-7-4-3-5-8-11(10)9-12;2*1-2;/h2-3,5-9,12H,4H2,1H3;2*1-2H3;1H/b6-2-,12-9?;;;. The summed E-state index contributed by atoms with van der Waals surface area (Å²) in [5.41, 5.74) is 2.11. The molecule has 0 aromatic carbocycles. The largest absolute Gasteiger partial charge is 0.308 e. The van der Waals surface area contributed by atoms with E-state index in [1.807, 2.05) is 58.9 Å². The van der Waals surface area contributed by atoms with E-state index < -0.39 is 0 Å². The van der Waals surface area contributed by atoms with Gasteiger partial charge in [0.1, 0.15) is 0 Å². The minimum atomic E-state index is 0. The van der Waals surface area contributed by atoms with E-state index in [2.05, 4.69) is 12.2 Å². The second-order valence-corrected chi connectivity index (χ2v) is 2.59. The van der Waals surface area contributed by atoms with Gasteiger partial charge >= 0.3 is 0 Å². The van der Waals surface area contributed by atoms with Crippen molar-refractivity contribution in [1.82, 2.24) is 0 Å². The van der Waals surface area contributed by atoms with E-state index >= 15 is 0 Å². The van der Waals surface area contributed by atoms with E-state index in [0.29, 0.717) is 0 Å². The molecule has 0 unspecified atom stereocenters. The molecule has 1 aliphatic rings. The van der Waals surface area contributed by atoms with Crippen molar-refractivity contribution in [2.45, 2.75) is 41.0 Å². The molecule has 0 spiro atoms. The quantitative estimate of drug-likeness (QED) is 0.490. The third-order valence-corrected chi connectivity index (χ3v) is 1.72. The summed E-state index contributed by atoms with van der Waals surface area (Å²) in [6.45, 7) is 9.99. The van der Waals surface area contributed by atoms with Crippen molar-refractivity contribution < 1.29 is 0 Å². The zero-order valence-electron chi connectivity index (χ0n) is 11.7. The third-order valence-electron chi connectivity index (χ3n) is 1.72. The minimum Gasteiger partial charge on any atom is -0.308 e. The van der Waals surface area contributed by atoms with Gasteiger partial charge in [0.05, 0.1) is 0 Å². The topological polar surface area (TPSA) is 23.9 Å². The number of hydrogen-bond acceptors (Lipinski definition) is 1. The van der Waals surface area contributed by atoms with Gasteiger partial charge in [0.15, 0.2) is 0 Å². The summed E-state index contributed by atoms with van der Waals surface area (Å²) in [5, 5.41) is 7.20. The van der Waals surface area contributed by atoms with Gasteiger partial charge in [-0.05, 0) is 24.5 Å². The number of halogens is 1. The van der Waals surface area contributed by atoms with Gasteiger partial charge in [-0.15, -0.1) is 24.0 Å². The van der Waals surface area contributed by atoms with Crippen LogP contribution in [0, 0.1) is 5.41 Å². The van der Waals surface area contributed by atoms with Gasteiger partial charge in [-0.1, -0.05) is 64.2 Å². The first kappa shape index (κ1) is 21.6. The first-order valence-corrected chi connectivity index (χ1v) is 6.09. The van der Waals surface area contributed by atoms with Crippen LogP contribution in [0.5, 0.6) is 0 Å². The molecule has 0 fully saturated rings. The first-order valence-electron chi connectivity index (χ1n) is 6.09. The van der Waals surface area contributed by atoms with Crippen molar-refractivity contribution in [3.05, 3.63) is 47.6 Å². The number of nitrogens with one attached hydrogen (secondary N) is 1. The molecule has 98 valence electrons. The van der Waals surface area contributed by atoms with Crippen LogP contribution in [-0.4, -0.2) is 6.21 Å². The predicted molar refractivity (Wildman–Crippen MR) is 91.6 cm³/mol. The summed E-state index contributed by atoms with van der Waals surface area (Å²) in [6, 6.07) is 0. The van der Waals surface area contributed by atoms with E-state index in [-0.39, 0.29) is 24.0 Å². The fourth-order valence-corrected chi connectivity index (χ4v) is 1.13. The maximum Gasteiger partial charge on any atom is 0.0256 e. The molecule has 0 aliphatic heterocycles. The molecular weight excluding hydrogens is 321 g/mol. The summed E-state index contributed by atoms with van der Waals surface area (Å²) in [5.74, 6) is 0. The van der Waals surface area contributed by atoms with Crippen LogP contribution in [0.1, 0.15) is 41.0 Å². The number of hydrogen-bond donors (Lipinski definition) is 1. The highest BCUT2D eigenvalue weighted by atomic mass is 127. The third kappa shape index (κ3) is 10.2. The van der Waals surface area contributed by atoms with E-state index in [4.69, 9.17) is 5.41 Å². The number of allylic oxidation sites excluding steroid dienone is 8. The lowest BCUT2D eigenvalue weighted by Crippen LogP contribution is -1.86. The Morgan fingerprint density at radius 3 is 2.18 bits per heavy atom. The average molecular weight is 347 g/mol. The van der Waals surface area contributed by atoms with Crippen molar-refractivity contribution in [1.29, 1.82) is 5.41 Å². The molecule has 1 nitrogen and oxygen atoms in total. The van der Waals surface area contributed by atoms with Crippen LogP contribution in [0.4, 0.5) is 0 Å². The SMILES string of the molecule is C/C=C\C1=CCC=CC=C1C=N.CC.CC.I. The van der Waals surface area contributed by atoms with Crippen molar-refractivity contribution in [2.75, 3.05) is 0 Å². The molecule has 1 aliphatic carbocycles. The molecule has 0 aromatic heterocycles. The lowest BCUT2D eigenvalue weighted by Gasteiger charge is -1.98. The van der Waals surface area contributed by atoms with Gasteiger partial charge < -0.3 is 5.41 Å². The van der Waals surface area contributed by atoms with Crippen LogP contribution >= 0.6 is 24.0 Å². The van der Waals surface area contributed by atoms with E-state index in [9.17, 15) is 0 Å². The molecule has 0 bridgehead atoms. The van der Waals surface area contributed by atoms with E-state index in [1.54, 1.807) is 0 Å². The van der Waals surface area contributed by atoms with Crippen LogP contribution in [0.25, 0.3) is 0 Å². The van der Waals surface area contributed by atoms with Gasteiger partial charge in [-0.3, -0.25) is 0 Å². The van der Waals surface area contributed by atoms with E-state index in [1.165, 1.54) is 6.21 Å². The van der Waals surface area contributed by atoms with Gasteiger partial charge in [0, 0.05) is 6.21 Å². The Balaban J connectivity index is -0.000000355. The summed E-state index contributed by atoms with van der Waals surface area (Å²) in [6.07, 6.45) is 14.5. The molecule has 0 saturated heterocycles. The zero-order chi connectivity index (χ0) is 12.8. The highest BCUT2D eigenvalue weighted by Crippen LogP contribution is 2.13. The predicted octanol–water partition coefficient (Wildman–Crippen LogP) is 5.70. The highest BCUT2D eigenvalue weighted by Gasteiger charge is 1.98. The van der Waals surface area contributed by atoms with Crippen LogP contribution in [0.2, 0.25) is 0 Å². The van der Waals surface area contributed by atoms with Crippen LogP contribution in [0.3, 0.4) is 0 Å². The Morgan fingerprint density at radius 1 is 1.12 bits per heavy atom. The Kier molecular flexibility index (Phi) is 22.6. The van der Waals surface area contributed by atoms with Crippen LogP contribution in [0.15, 0.2) is 47.6 Å². The second-order valence-electron chi connectivity index (χ2n) is 2.59. The maximum absolute atomic E-state index is 7.20. The van der Waals surface area contributed by atoms with Gasteiger partial charge in [0.2, 0.25) is 0 Å². The Labute approximate surface area is 124 Å². The Morgan fingerprint density at radius 2 is 1.71 bits per heavy atom. The van der Waals surface area contributed by atoms with Gasteiger partial charge in [0.25, 0.3) is 0 Å². The van der Waals surface area contributed by atoms with Crippen molar-refractivity contribution in [2.24, 2.45) is 0 Å². The number of rotatable bonds is 2. The molecule has 0 aromatic rings. The Bertz CT molecular complexity index is 283. The molecule has 0 amide bonds. The fraction of sp³-hybridized carbons (Fsp3) is 0.400. The molecule has 0 radical (unpaired) electrons. The molecule has 17 heavy (non-hydrogen) atoms. The summed E-state index contributed by atoms with van der Waals surface area (Å²) in [7, 11) is 0. The van der Waals surface area contributed by atoms with Crippen molar-refractivity contribution in [3.63, 3.8) is 0 Å². The summed E-state index contributed by atoms with van der Waals surface area (Å²) in [4.78, 5) is 0. The summed E-state index contributed by atoms with van der Waals surface area (Å²) >= 11 is 0. The minimum absolute atomic E-state index is 0. The highest BCUT2D eigenvalue weighted by molar-refractivity contribution is 14.0. The zero-order valence-corrected chi connectivity index (χ0v) is 14.0. The van der Waals surface area contributed by atoms with Crippen LogP contribution in [-0.2, 0) is 0 Å². The maximum atomic E-state index is 7.20. The summed E-state index contributed by atoms with van der Waals surface area (Å²) < 4.78 is 0. The molecule has 0 atom stereocenters. The average Bonchev–Trinajstić information content (AvgIpc) is 2.60. The molecule has 0 heterocycles. The second kappa shape index (κ2) is 17.7. The molecule has 1 rings (SSSR count). The van der Waals surface area contributed by atoms with Gasteiger partial charge in [-0.2, -0.15) is 0 Å². The molecule has 0 saturated carbocycles.